The molecule has 2 N–H and O–H groups in total. The highest BCUT2D eigenvalue weighted by Gasteiger charge is 2.39. The summed E-state index contributed by atoms with van der Waals surface area (Å²) in [5, 5.41) is 10.8. The predicted octanol–water partition coefficient (Wildman–Crippen LogP) is 3.95. The van der Waals surface area contributed by atoms with Crippen molar-refractivity contribution in [3.8, 4) is 5.88 Å². The Labute approximate surface area is 162 Å². The van der Waals surface area contributed by atoms with Gasteiger partial charge in [0.2, 0.25) is 11.7 Å². The Hall–Kier alpha value is -2.14. The lowest BCUT2D eigenvalue weighted by Gasteiger charge is -2.37. The van der Waals surface area contributed by atoms with Gasteiger partial charge in [0, 0.05) is 6.07 Å². The Morgan fingerprint density at radius 1 is 1.25 bits per heavy atom. The number of Topliss-reactive ketones (excluding diaryl/α,β-unsaturated/α-hetero) is 1. The number of rotatable bonds is 7. The van der Waals surface area contributed by atoms with Crippen LogP contribution in [0.15, 0.2) is 12.1 Å². The van der Waals surface area contributed by atoms with Crippen molar-refractivity contribution in [1.29, 1.82) is 0 Å². The molecule has 1 amide bonds. The van der Waals surface area contributed by atoms with Gasteiger partial charge in [-0.05, 0) is 24.2 Å². The van der Waals surface area contributed by atoms with Gasteiger partial charge < -0.3 is 19.6 Å². The molecule has 0 saturated heterocycles. The number of ketones is 1. The third-order valence-electron chi connectivity index (χ3n) is 4.62. The van der Waals surface area contributed by atoms with E-state index in [0.29, 0.717) is 12.1 Å². The highest BCUT2D eigenvalue weighted by molar-refractivity contribution is 6.74. The van der Waals surface area contributed by atoms with Crippen LogP contribution in [-0.4, -0.2) is 50.0 Å². The number of pyridine rings is 1. The number of carbonyl (C=O) groups excluding carboxylic acids is 1. The largest absolute Gasteiger partial charge is 0.481 e. The number of methoxy groups -OCH3 is 1. The van der Waals surface area contributed by atoms with Crippen LogP contribution in [0.1, 0.15) is 36.8 Å². The zero-order valence-electron chi connectivity index (χ0n) is 16.6. The minimum absolute atomic E-state index is 0.207. The maximum absolute atomic E-state index is 13.1. The monoisotopic (exact) mass is 422 g/mol. The molecule has 0 bridgehead atoms. The number of carbonyl (C=O) groups is 2. The first-order valence-electron chi connectivity index (χ1n) is 8.39. The Morgan fingerprint density at radius 3 is 2.25 bits per heavy atom. The van der Waals surface area contributed by atoms with Gasteiger partial charge in [0.1, 0.15) is 11.7 Å². The fourth-order valence-corrected chi connectivity index (χ4v) is 2.93. The lowest BCUT2D eigenvalue weighted by atomic mass is 10.1. The average molecular weight is 422 g/mol. The van der Waals surface area contributed by atoms with Crippen LogP contribution in [0, 0.1) is 0 Å². The number of nitrogens with one attached hydrogen (secondary N) is 1. The van der Waals surface area contributed by atoms with Crippen molar-refractivity contribution in [3.05, 3.63) is 23.4 Å². The summed E-state index contributed by atoms with van der Waals surface area (Å²) >= 11 is 0. The molecule has 7 nitrogen and oxygen atoms in total. The normalized spacial score (nSPS) is 13.8. The molecule has 1 heterocycles. The highest BCUT2D eigenvalue weighted by atomic mass is 28.4. The van der Waals surface area contributed by atoms with Crippen LogP contribution in [-0.2, 0) is 10.6 Å². The summed E-state index contributed by atoms with van der Waals surface area (Å²) in [5.74, 6) is -1.34. The molecule has 0 unspecified atom stereocenters. The van der Waals surface area contributed by atoms with Crippen molar-refractivity contribution in [3.63, 3.8) is 0 Å². The van der Waals surface area contributed by atoms with Gasteiger partial charge in [-0.25, -0.2) is 9.78 Å². The number of ether oxygens (including phenoxy) is 1. The molecule has 1 aromatic heterocycles. The summed E-state index contributed by atoms with van der Waals surface area (Å²) in [7, 11) is -1.22. The van der Waals surface area contributed by atoms with Crippen molar-refractivity contribution in [2.24, 2.45) is 0 Å². The number of carboxylic acid groups (broad SMARTS) is 1. The SMILES string of the molecule is COc1cc(C(F)(F)F)cc(C(=O)[C@H](CO[Si](C)(C)C(C)(C)C)NC(=O)O)n1. The first-order valence-corrected chi connectivity index (χ1v) is 11.3. The van der Waals surface area contributed by atoms with Crippen LogP contribution in [0.4, 0.5) is 18.0 Å². The summed E-state index contributed by atoms with van der Waals surface area (Å²) in [6, 6.07) is -0.191. The lowest BCUT2D eigenvalue weighted by Crippen LogP contribution is -2.49. The number of amides is 1. The van der Waals surface area contributed by atoms with Gasteiger partial charge in [0.15, 0.2) is 8.32 Å². The summed E-state index contributed by atoms with van der Waals surface area (Å²) in [5.41, 5.74) is -1.69. The third-order valence-corrected chi connectivity index (χ3v) is 9.12. The van der Waals surface area contributed by atoms with E-state index in [-0.39, 0.29) is 11.6 Å². The summed E-state index contributed by atoms with van der Waals surface area (Å²) in [4.78, 5) is 27.5. The van der Waals surface area contributed by atoms with E-state index >= 15 is 0 Å². The van der Waals surface area contributed by atoms with E-state index in [1.165, 1.54) is 0 Å². The maximum Gasteiger partial charge on any atom is 0.416 e. The molecule has 158 valence electrons. The van der Waals surface area contributed by atoms with E-state index in [1.807, 2.05) is 39.2 Å². The van der Waals surface area contributed by atoms with Gasteiger partial charge in [-0.2, -0.15) is 13.2 Å². The predicted molar refractivity (Wildman–Crippen MR) is 98.2 cm³/mol. The van der Waals surface area contributed by atoms with Gasteiger partial charge in [-0.1, -0.05) is 20.8 Å². The van der Waals surface area contributed by atoms with Crippen molar-refractivity contribution in [2.75, 3.05) is 13.7 Å². The van der Waals surface area contributed by atoms with Crippen LogP contribution in [0.2, 0.25) is 18.1 Å². The van der Waals surface area contributed by atoms with Crippen molar-refractivity contribution < 1.29 is 37.0 Å². The van der Waals surface area contributed by atoms with E-state index in [4.69, 9.17) is 14.3 Å². The standard InChI is InChI=1S/C17H25F3N2O5Si/c1-16(2,3)28(5,6)27-9-12(22-15(24)25)14(23)11-7-10(17(18,19)20)8-13(21-11)26-4/h7-8,12,22H,9H2,1-6H3,(H,24,25)/t12-/m0/s1. The van der Waals surface area contributed by atoms with E-state index in [1.54, 1.807) is 0 Å². The Morgan fingerprint density at radius 2 is 1.82 bits per heavy atom. The van der Waals surface area contributed by atoms with Crippen LogP contribution in [0.3, 0.4) is 0 Å². The Kier molecular flexibility index (Phi) is 7.23. The van der Waals surface area contributed by atoms with Crippen LogP contribution >= 0.6 is 0 Å². The number of alkyl halides is 3. The number of hydrogen-bond acceptors (Lipinski definition) is 5. The second-order valence-electron chi connectivity index (χ2n) is 7.72. The molecular formula is C17H25F3N2O5Si. The zero-order chi connectivity index (χ0) is 21.9. The third kappa shape index (κ3) is 6.19. The molecule has 0 aliphatic heterocycles. The van der Waals surface area contributed by atoms with Crippen LogP contribution < -0.4 is 10.1 Å². The molecule has 1 rings (SSSR count). The molecule has 0 radical (unpaired) electrons. The fraction of sp³-hybridized carbons (Fsp3) is 0.588. The van der Waals surface area contributed by atoms with Crippen molar-refractivity contribution in [2.45, 2.75) is 51.1 Å². The first kappa shape index (κ1) is 23.9. The molecule has 1 aromatic rings. The molecular weight excluding hydrogens is 397 g/mol. The molecule has 0 fully saturated rings. The first-order chi connectivity index (χ1) is 12.6. The lowest BCUT2D eigenvalue weighted by molar-refractivity contribution is -0.137. The molecule has 0 aliphatic rings. The van der Waals surface area contributed by atoms with Gasteiger partial charge in [0.05, 0.1) is 19.3 Å². The van der Waals surface area contributed by atoms with E-state index in [9.17, 15) is 22.8 Å². The highest BCUT2D eigenvalue weighted by Crippen LogP contribution is 2.36. The second-order valence-corrected chi connectivity index (χ2v) is 12.5. The van der Waals surface area contributed by atoms with Gasteiger partial charge in [-0.3, -0.25) is 4.79 Å². The quantitative estimate of drug-likeness (QED) is 0.510. The van der Waals surface area contributed by atoms with Gasteiger partial charge in [-0.15, -0.1) is 0 Å². The van der Waals surface area contributed by atoms with Crippen LogP contribution in [0.5, 0.6) is 5.88 Å². The molecule has 11 heteroatoms. The molecule has 0 aliphatic carbocycles. The molecule has 0 aromatic carbocycles. The Balaban J connectivity index is 3.22. The van der Waals surface area contributed by atoms with E-state index in [2.05, 4.69) is 4.98 Å². The molecule has 1 atom stereocenters. The summed E-state index contributed by atoms with van der Waals surface area (Å²) in [6.45, 7) is 9.36. The number of halogens is 3. The molecule has 28 heavy (non-hydrogen) atoms. The number of nitrogens with zero attached hydrogens (tertiary/aromatic N) is 1. The topological polar surface area (TPSA) is 97.8 Å². The van der Waals surface area contributed by atoms with Crippen LogP contribution in [0.25, 0.3) is 0 Å². The Bertz CT molecular complexity index is 732. The maximum atomic E-state index is 13.1. The van der Waals surface area contributed by atoms with Gasteiger partial charge >= 0.3 is 12.3 Å². The molecule has 0 spiro atoms. The van der Waals surface area contributed by atoms with E-state index in [0.717, 1.165) is 7.11 Å². The van der Waals surface area contributed by atoms with E-state index < -0.39 is 49.5 Å². The van der Waals surface area contributed by atoms with Crippen molar-refractivity contribution in [1.82, 2.24) is 10.3 Å². The minimum atomic E-state index is -4.72. The smallest absolute Gasteiger partial charge is 0.416 e. The zero-order valence-corrected chi connectivity index (χ0v) is 17.6. The summed E-state index contributed by atoms with van der Waals surface area (Å²) in [6.07, 6.45) is -6.23. The summed E-state index contributed by atoms with van der Waals surface area (Å²) < 4.78 is 49.8. The number of hydrogen-bond donors (Lipinski definition) is 2. The fourth-order valence-electron chi connectivity index (χ4n) is 1.92. The average Bonchev–Trinajstić information content (AvgIpc) is 2.55. The second kappa shape index (κ2) is 8.48. The molecule has 0 saturated carbocycles. The number of aromatic nitrogens is 1. The van der Waals surface area contributed by atoms with Gasteiger partial charge in [0.25, 0.3) is 0 Å². The van der Waals surface area contributed by atoms with Crippen molar-refractivity contribution >= 4 is 20.2 Å². The minimum Gasteiger partial charge on any atom is -0.481 e.